The third kappa shape index (κ3) is 8.11. The third-order valence-electron chi connectivity index (χ3n) is 6.83. The van der Waals surface area contributed by atoms with Crippen molar-refractivity contribution in [2.45, 2.75) is 51.6 Å². The molecule has 0 aromatic heterocycles. The molecule has 2 aliphatic rings. The predicted molar refractivity (Wildman–Crippen MR) is 136 cm³/mol. The number of carbonyl (C=O) groups is 2. The smallest absolute Gasteiger partial charge is 0.249 e. The molecule has 11 nitrogen and oxygen atoms in total. The molecule has 0 spiro atoms. The second kappa shape index (κ2) is 12.5. The predicted octanol–water partition coefficient (Wildman–Crippen LogP) is 0.790. The molecule has 3 rings (SSSR count). The molecule has 12 heteroatoms. The van der Waals surface area contributed by atoms with Crippen molar-refractivity contribution in [3.8, 4) is 5.75 Å². The Morgan fingerprint density at radius 3 is 2.43 bits per heavy atom. The Labute approximate surface area is 218 Å². The number of rotatable bonds is 10. The van der Waals surface area contributed by atoms with Crippen LogP contribution in [-0.2, 0) is 29.1 Å². The first kappa shape index (κ1) is 29.3. The topological polar surface area (TPSA) is 144 Å². The maximum atomic E-state index is 12.9. The van der Waals surface area contributed by atoms with Gasteiger partial charge >= 0.3 is 0 Å². The van der Waals surface area contributed by atoms with Crippen LogP contribution in [0.25, 0.3) is 0 Å². The van der Waals surface area contributed by atoms with Gasteiger partial charge in [-0.15, -0.1) is 0 Å². The van der Waals surface area contributed by atoms with E-state index in [-0.39, 0.29) is 24.8 Å². The summed E-state index contributed by atoms with van der Waals surface area (Å²) in [7, 11) is -1.61. The number of carbonyl (C=O) groups excluding carboxylic acids is 2. The molecule has 2 heterocycles. The molecular weight excluding hydrogens is 502 g/mol. The number of amides is 2. The zero-order valence-corrected chi connectivity index (χ0v) is 22.8. The lowest BCUT2D eigenvalue weighted by Gasteiger charge is -2.41. The van der Waals surface area contributed by atoms with Crippen molar-refractivity contribution in [3.63, 3.8) is 0 Å². The maximum absolute atomic E-state index is 12.9. The lowest BCUT2D eigenvalue weighted by molar-refractivity contribution is -0.258. The number of nitrogens with one attached hydrogen (secondary N) is 2. The van der Waals surface area contributed by atoms with Gasteiger partial charge in [-0.25, -0.2) is 12.7 Å². The zero-order chi connectivity index (χ0) is 27.2. The van der Waals surface area contributed by atoms with E-state index in [0.29, 0.717) is 44.8 Å². The molecule has 0 saturated carbocycles. The largest absolute Gasteiger partial charge is 0.497 e. The van der Waals surface area contributed by atoms with Crippen molar-refractivity contribution >= 4 is 21.8 Å². The molecule has 3 atom stereocenters. The van der Waals surface area contributed by atoms with Crippen molar-refractivity contribution in [1.82, 2.24) is 14.9 Å². The highest BCUT2D eigenvalue weighted by Gasteiger charge is 2.43. The highest BCUT2D eigenvalue weighted by Crippen LogP contribution is 2.37. The van der Waals surface area contributed by atoms with Crippen LogP contribution >= 0.6 is 0 Å². The average Bonchev–Trinajstić information content (AvgIpc) is 2.86. The Bertz CT molecular complexity index is 1020. The number of sulfonamides is 1. The van der Waals surface area contributed by atoms with Crippen molar-refractivity contribution in [1.29, 1.82) is 0 Å². The normalized spacial score (nSPS) is 23.7. The van der Waals surface area contributed by atoms with E-state index in [1.165, 1.54) is 10.6 Å². The minimum Gasteiger partial charge on any atom is -0.497 e. The van der Waals surface area contributed by atoms with Crippen LogP contribution in [0.1, 0.15) is 45.0 Å². The molecule has 2 amide bonds. The highest BCUT2D eigenvalue weighted by atomic mass is 32.2. The molecule has 2 fully saturated rings. The van der Waals surface area contributed by atoms with E-state index in [1.54, 1.807) is 19.2 Å². The van der Waals surface area contributed by atoms with Crippen LogP contribution < -0.4 is 15.4 Å². The first-order valence-corrected chi connectivity index (χ1v) is 14.3. The van der Waals surface area contributed by atoms with Gasteiger partial charge < -0.3 is 30.0 Å². The molecule has 0 radical (unpaired) electrons. The van der Waals surface area contributed by atoms with Gasteiger partial charge in [0.1, 0.15) is 18.0 Å². The Morgan fingerprint density at radius 2 is 1.84 bits per heavy atom. The van der Waals surface area contributed by atoms with E-state index >= 15 is 0 Å². The summed E-state index contributed by atoms with van der Waals surface area (Å²) in [5.74, 6) is 0.00794. The van der Waals surface area contributed by atoms with Gasteiger partial charge in [0.2, 0.25) is 21.8 Å². The number of aliphatic hydroxyl groups excluding tert-OH is 1. The number of piperidine rings is 1. The molecule has 0 bridgehead atoms. The fraction of sp³-hybridized carbons (Fsp3) is 0.680. The fourth-order valence-electron chi connectivity index (χ4n) is 4.43. The van der Waals surface area contributed by atoms with Crippen LogP contribution in [-0.4, -0.2) is 88.0 Å². The quantitative estimate of drug-likeness (QED) is 0.395. The van der Waals surface area contributed by atoms with Gasteiger partial charge in [-0.2, -0.15) is 0 Å². The number of nitrogens with zero attached hydrogens (tertiary/aromatic N) is 1. The van der Waals surface area contributed by atoms with Gasteiger partial charge in [-0.3, -0.25) is 9.59 Å². The van der Waals surface area contributed by atoms with E-state index in [9.17, 15) is 23.1 Å². The number of hydrogen-bond donors (Lipinski definition) is 3. The lowest BCUT2D eigenvalue weighted by Crippen LogP contribution is -2.52. The molecule has 1 aromatic carbocycles. The van der Waals surface area contributed by atoms with Gasteiger partial charge in [-0.05, 0) is 37.3 Å². The van der Waals surface area contributed by atoms with Gasteiger partial charge in [0, 0.05) is 37.2 Å². The molecule has 1 aromatic rings. The summed E-state index contributed by atoms with van der Waals surface area (Å²) in [6.07, 6.45) is -0.205. The van der Waals surface area contributed by atoms with E-state index in [1.807, 2.05) is 26.0 Å². The van der Waals surface area contributed by atoms with Gasteiger partial charge in [0.05, 0.1) is 20.0 Å². The average molecular weight is 542 g/mol. The van der Waals surface area contributed by atoms with Gasteiger partial charge in [0.15, 0.2) is 6.29 Å². The highest BCUT2D eigenvalue weighted by molar-refractivity contribution is 7.88. The van der Waals surface area contributed by atoms with E-state index in [0.717, 1.165) is 5.56 Å². The Morgan fingerprint density at radius 1 is 1.19 bits per heavy atom. The second-order valence-electron chi connectivity index (χ2n) is 10.4. The van der Waals surface area contributed by atoms with Crippen LogP contribution in [0.5, 0.6) is 5.75 Å². The Kier molecular flexibility index (Phi) is 9.92. The summed E-state index contributed by atoms with van der Waals surface area (Å²) >= 11 is 0. The fourth-order valence-corrected chi connectivity index (χ4v) is 5.30. The first-order valence-electron chi connectivity index (χ1n) is 12.5. The summed E-state index contributed by atoms with van der Waals surface area (Å²) in [6, 6.07) is 7.23. The maximum Gasteiger partial charge on any atom is 0.249 e. The summed E-state index contributed by atoms with van der Waals surface area (Å²) in [6.45, 7) is 5.40. The van der Waals surface area contributed by atoms with Crippen LogP contribution in [0.4, 0.5) is 0 Å². The zero-order valence-electron chi connectivity index (χ0n) is 21.9. The minimum absolute atomic E-state index is 0.0512. The Balaban J connectivity index is 1.42. The number of methoxy groups -OCH3 is 1. The number of aliphatic hydroxyl groups is 1. The van der Waals surface area contributed by atoms with E-state index in [2.05, 4.69) is 10.6 Å². The summed E-state index contributed by atoms with van der Waals surface area (Å²) in [4.78, 5) is 25.2. The summed E-state index contributed by atoms with van der Waals surface area (Å²) < 4.78 is 41.7. The van der Waals surface area contributed by atoms with Gasteiger partial charge in [-0.1, -0.05) is 26.0 Å². The molecule has 3 N–H and O–H groups in total. The second-order valence-corrected chi connectivity index (χ2v) is 12.3. The van der Waals surface area contributed by atoms with Crippen LogP contribution in [0.15, 0.2) is 24.3 Å². The summed E-state index contributed by atoms with van der Waals surface area (Å²) in [5.41, 5.74) is 0.193. The lowest BCUT2D eigenvalue weighted by atomic mass is 9.85. The standard InChI is InChI=1S/C25H39N3O8S/c1-25(2)16-35-24(18-5-7-19(34-3)8-6-18)36-21(25)23(31)26-12-9-20(29)22(30)27-15-17-10-13-28(14-11-17)37(4,32)33/h5-8,17,20-21,24,29H,9-16H2,1-4H3,(H,26,31)(H,27,30)/t20?,21-,24?/m0/s1. The van der Waals surface area contributed by atoms with E-state index in [4.69, 9.17) is 14.2 Å². The van der Waals surface area contributed by atoms with Crippen LogP contribution in [0, 0.1) is 11.3 Å². The number of ether oxygens (including phenoxy) is 3. The van der Waals surface area contributed by atoms with Crippen LogP contribution in [0.2, 0.25) is 0 Å². The van der Waals surface area contributed by atoms with Crippen molar-refractivity contribution in [2.75, 3.05) is 46.2 Å². The monoisotopic (exact) mass is 541 g/mol. The third-order valence-corrected chi connectivity index (χ3v) is 8.13. The number of benzene rings is 1. The SMILES string of the molecule is COc1ccc(C2OCC(C)(C)[C@H](C(=O)NCCC(O)C(=O)NCC3CCN(S(C)(=O)=O)CC3)O2)cc1. The summed E-state index contributed by atoms with van der Waals surface area (Å²) in [5, 5.41) is 15.7. The Hall–Kier alpha value is -2.25. The molecular formula is C25H39N3O8S. The molecule has 37 heavy (non-hydrogen) atoms. The molecule has 2 unspecified atom stereocenters. The molecule has 2 saturated heterocycles. The molecule has 0 aliphatic carbocycles. The minimum atomic E-state index is -3.20. The van der Waals surface area contributed by atoms with Crippen molar-refractivity contribution < 1.29 is 37.3 Å². The van der Waals surface area contributed by atoms with Crippen molar-refractivity contribution in [2.24, 2.45) is 11.3 Å². The first-order chi connectivity index (χ1) is 17.4. The number of hydrogen-bond acceptors (Lipinski definition) is 8. The van der Waals surface area contributed by atoms with E-state index < -0.39 is 39.8 Å². The van der Waals surface area contributed by atoms with Gasteiger partial charge in [0.25, 0.3) is 0 Å². The molecule has 208 valence electrons. The van der Waals surface area contributed by atoms with Crippen molar-refractivity contribution in [3.05, 3.63) is 29.8 Å². The molecule has 2 aliphatic heterocycles. The van der Waals surface area contributed by atoms with Crippen LogP contribution in [0.3, 0.4) is 0 Å².